The fourth-order valence-corrected chi connectivity index (χ4v) is 4.62. The molecule has 0 bridgehead atoms. The molecule has 0 N–H and O–H groups in total. The Kier molecular flexibility index (Phi) is 4.41. The molecule has 24 heavy (non-hydrogen) atoms. The minimum Gasteiger partial charge on any atom is -0.303 e. The van der Waals surface area contributed by atoms with Gasteiger partial charge in [-0.2, -0.15) is 0 Å². The van der Waals surface area contributed by atoms with Gasteiger partial charge in [-0.1, -0.05) is 42.1 Å². The van der Waals surface area contributed by atoms with Gasteiger partial charge in [0.15, 0.2) is 5.16 Å². The van der Waals surface area contributed by atoms with Crippen LogP contribution in [0.5, 0.6) is 0 Å². The van der Waals surface area contributed by atoms with Crippen LogP contribution in [0.4, 0.5) is 0 Å². The first-order valence-corrected chi connectivity index (χ1v) is 10.2. The fourth-order valence-electron chi connectivity index (χ4n) is 2.72. The topological polar surface area (TPSA) is 43.6 Å². The third-order valence-corrected chi connectivity index (χ3v) is 5.99. The Morgan fingerprint density at radius 2 is 2.00 bits per heavy atom. The number of thioether (sulfide) groups is 1. The number of thiazole rings is 1. The van der Waals surface area contributed by atoms with Gasteiger partial charge < -0.3 is 4.57 Å². The van der Waals surface area contributed by atoms with Crippen molar-refractivity contribution >= 4 is 23.1 Å². The molecule has 0 radical (unpaired) electrons. The molecule has 1 aromatic carbocycles. The van der Waals surface area contributed by atoms with Crippen LogP contribution in [0, 0.1) is 0 Å². The number of hydrogen-bond acceptors (Lipinski definition) is 5. The molecule has 3 aromatic rings. The summed E-state index contributed by atoms with van der Waals surface area (Å²) in [5.74, 6) is 2.62. The number of benzene rings is 1. The summed E-state index contributed by atoms with van der Waals surface area (Å²) in [7, 11) is 0. The molecule has 124 valence electrons. The molecule has 0 unspecified atom stereocenters. The van der Waals surface area contributed by atoms with E-state index < -0.39 is 0 Å². The third-order valence-electron chi connectivity index (χ3n) is 4.07. The van der Waals surface area contributed by atoms with Crippen molar-refractivity contribution in [3.8, 4) is 10.6 Å². The molecule has 4 nitrogen and oxygen atoms in total. The van der Waals surface area contributed by atoms with E-state index in [4.69, 9.17) is 4.98 Å². The van der Waals surface area contributed by atoms with Crippen LogP contribution in [-0.4, -0.2) is 19.7 Å². The van der Waals surface area contributed by atoms with Gasteiger partial charge in [0.25, 0.3) is 0 Å². The first kappa shape index (κ1) is 15.8. The Morgan fingerprint density at radius 1 is 1.21 bits per heavy atom. The lowest BCUT2D eigenvalue weighted by Gasteiger charge is -2.12. The SMILES string of the molecule is CC(C)n1c(SCc2csc(-c3ccccc3)n2)nnc1C1CC1. The summed E-state index contributed by atoms with van der Waals surface area (Å²) in [5, 5.41) is 13.1. The van der Waals surface area contributed by atoms with E-state index in [2.05, 4.69) is 58.3 Å². The molecule has 0 atom stereocenters. The number of nitrogens with zero attached hydrogens (tertiary/aromatic N) is 4. The van der Waals surface area contributed by atoms with Gasteiger partial charge in [-0.15, -0.1) is 21.5 Å². The highest BCUT2D eigenvalue weighted by molar-refractivity contribution is 7.98. The van der Waals surface area contributed by atoms with Gasteiger partial charge >= 0.3 is 0 Å². The lowest BCUT2D eigenvalue weighted by atomic mass is 10.2. The maximum absolute atomic E-state index is 4.76. The molecule has 4 rings (SSSR count). The molecule has 0 spiro atoms. The zero-order valence-corrected chi connectivity index (χ0v) is 15.5. The predicted octanol–water partition coefficient (Wildman–Crippen LogP) is 5.15. The normalized spacial score (nSPS) is 14.5. The average Bonchev–Trinajstić information content (AvgIpc) is 3.18. The molecule has 1 fully saturated rings. The van der Waals surface area contributed by atoms with Crippen molar-refractivity contribution in [3.63, 3.8) is 0 Å². The quantitative estimate of drug-likeness (QED) is 0.573. The highest BCUT2D eigenvalue weighted by Gasteiger charge is 2.31. The minimum absolute atomic E-state index is 0.397. The molecular formula is C18H20N4S2. The lowest BCUT2D eigenvalue weighted by Crippen LogP contribution is -2.07. The van der Waals surface area contributed by atoms with Gasteiger partial charge in [-0.05, 0) is 26.7 Å². The van der Waals surface area contributed by atoms with Gasteiger partial charge in [0.2, 0.25) is 0 Å². The number of hydrogen-bond donors (Lipinski definition) is 0. The van der Waals surface area contributed by atoms with E-state index in [-0.39, 0.29) is 0 Å². The molecule has 2 heterocycles. The Balaban J connectivity index is 1.49. The van der Waals surface area contributed by atoms with Crippen LogP contribution in [0.15, 0.2) is 40.9 Å². The second kappa shape index (κ2) is 6.69. The predicted molar refractivity (Wildman–Crippen MR) is 99.5 cm³/mol. The second-order valence-corrected chi connectivity index (χ2v) is 8.18. The van der Waals surface area contributed by atoms with Gasteiger partial charge in [0.1, 0.15) is 10.8 Å². The number of aromatic nitrogens is 4. The van der Waals surface area contributed by atoms with Crippen molar-refractivity contribution in [1.29, 1.82) is 0 Å². The maximum atomic E-state index is 4.76. The minimum atomic E-state index is 0.397. The maximum Gasteiger partial charge on any atom is 0.191 e. The van der Waals surface area contributed by atoms with E-state index in [9.17, 15) is 0 Å². The van der Waals surface area contributed by atoms with Crippen LogP contribution in [-0.2, 0) is 5.75 Å². The van der Waals surface area contributed by atoms with E-state index in [1.54, 1.807) is 23.1 Å². The van der Waals surface area contributed by atoms with Crippen LogP contribution < -0.4 is 0 Å². The summed E-state index contributed by atoms with van der Waals surface area (Å²) >= 11 is 3.44. The van der Waals surface area contributed by atoms with Crippen molar-refractivity contribution in [2.75, 3.05) is 0 Å². The summed E-state index contributed by atoms with van der Waals surface area (Å²) in [6, 6.07) is 10.7. The molecule has 6 heteroatoms. The van der Waals surface area contributed by atoms with Crippen LogP contribution in [0.25, 0.3) is 10.6 Å². The van der Waals surface area contributed by atoms with Gasteiger partial charge in [-0.3, -0.25) is 0 Å². The zero-order chi connectivity index (χ0) is 16.5. The largest absolute Gasteiger partial charge is 0.303 e. The van der Waals surface area contributed by atoms with Crippen LogP contribution in [0.2, 0.25) is 0 Å². The van der Waals surface area contributed by atoms with Gasteiger partial charge in [0, 0.05) is 28.7 Å². The van der Waals surface area contributed by atoms with E-state index >= 15 is 0 Å². The van der Waals surface area contributed by atoms with E-state index in [0.29, 0.717) is 12.0 Å². The van der Waals surface area contributed by atoms with Crippen molar-refractivity contribution in [2.45, 2.75) is 49.6 Å². The van der Waals surface area contributed by atoms with Crippen LogP contribution in [0.1, 0.15) is 50.2 Å². The first-order chi connectivity index (χ1) is 11.7. The second-order valence-electron chi connectivity index (χ2n) is 6.38. The third kappa shape index (κ3) is 3.26. The van der Waals surface area contributed by atoms with E-state index in [1.165, 1.54) is 18.4 Å². The fraction of sp³-hybridized carbons (Fsp3) is 0.389. The highest BCUT2D eigenvalue weighted by Crippen LogP contribution is 2.41. The van der Waals surface area contributed by atoms with Crippen molar-refractivity contribution in [2.24, 2.45) is 0 Å². The monoisotopic (exact) mass is 356 g/mol. The van der Waals surface area contributed by atoms with Crippen molar-refractivity contribution in [3.05, 3.63) is 47.2 Å². The summed E-state index contributed by atoms with van der Waals surface area (Å²) < 4.78 is 2.30. The molecule has 0 saturated heterocycles. The highest BCUT2D eigenvalue weighted by atomic mass is 32.2. The van der Waals surface area contributed by atoms with Gasteiger partial charge in [-0.25, -0.2) is 4.98 Å². The van der Waals surface area contributed by atoms with Gasteiger partial charge in [0.05, 0.1) is 5.69 Å². The van der Waals surface area contributed by atoms with Crippen molar-refractivity contribution < 1.29 is 0 Å². The molecular weight excluding hydrogens is 336 g/mol. The Morgan fingerprint density at radius 3 is 2.71 bits per heavy atom. The summed E-state index contributed by atoms with van der Waals surface area (Å²) in [4.78, 5) is 4.76. The Bertz CT molecular complexity index is 819. The van der Waals surface area contributed by atoms with Crippen LogP contribution in [0.3, 0.4) is 0 Å². The molecule has 1 aliphatic carbocycles. The molecule has 0 amide bonds. The van der Waals surface area contributed by atoms with Crippen LogP contribution >= 0.6 is 23.1 Å². The molecule has 0 aliphatic heterocycles. The summed E-state index contributed by atoms with van der Waals surface area (Å²) in [5.41, 5.74) is 2.29. The summed E-state index contributed by atoms with van der Waals surface area (Å²) in [6.45, 7) is 4.41. The van der Waals surface area contributed by atoms with E-state index in [0.717, 1.165) is 27.4 Å². The lowest BCUT2D eigenvalue weighted by molar-refractivity contribution is 0.526. The Labute approximate surface area is 150 Å². The van der Waals surface area contributed by atoms with E-state index in [1.807, 2.05) is 6.07 Å². The summed E-state index contributed by atoms with van der Waals surface area (Å²) in [6.07, 6.45) is 2.50. The van der Waals surface area contributed by atoms with Crippen molar-refractivity contribution in [1.82, 2.24) is 19.7 Å². The molecule has 2 aromatic heterocycles. The number of rotatable bonds is 6. The molecule has 1 saturated carbocycles. The zero-order valence-electron chi connectivity index (χ0n) is 13.8. The average molecular weight is 357 g/mol. The molecule has 1 aliphatic rings. The standard InChI is InChI=1S/C18H20N4S2/c1-12(2)22-16(13-8-9-13)20-21-18(22)24-11-15-10-23-17(19-15)14-6-4-3-5-7-14/h3-7,10,12-13H,8-9,11H2,1-2H3. The Hall–Kier alpha value is -1.66. The smallest absolute Gasteiger partial charge is 0.191 e. The first-order valence-electron chi connectivity index (χ1n) is 8.30.